The van der Waals surface area contributed by atoms with E-state index in [2.05, 4.69) is 5.32 Å². The minimum atomic E-state index is 0.127. The van der Waals surface area contributed by atoms with Crippen molar-refractivity contribution in [1.29, 1.82) is 0 Å². The zero-order chi connectivity index (χ0) is 15.1. The highest BCUT2D eigenvalue weighted by Gasteiger charge is 2.25. The lowest BCUT2D eigenvalue weighted by atomic mass is 10.0. The first-order valence-electron chi connectivity index (χ1n) is 7.81. The summed E-state index contributed by atoms with van der Waals surface area (Å²) in [6, 6.07) is 0.351. The molecule has 1 fully saturated rings. The van der Waals surface area contributed by atoms with E-state index in [1.807, 2.05) is 37.5 Å². The number of nitrogens with zero attached hydrogens (tertiary/aromatic N) is 2. The molecule has 5 heteroatoms. The summed E-state index contributed by atoms with van der Waals surface area (Å²) < 4.78 is 0. The second-order valence-electron chi connectivity index (χ2n) is 5.88. The van der Waals surface area contributed by atoms with Crippen molar-refractivity contribution in [3.63, 3.8) is 0 Å². The van der Waals surface area contributed by atoms with Crippen LogP contribution in [-0.2, 0) is 4.79 Å². The summed E-state index contributed by atoms with van der Waals surface area (Å²) in [5.74, 6) is 0.521. The Kier molecular flexibility index (Phi) is 6.82. The van der Waals surface area contributed by atoms with Crippen LogP contribution in [0.25, 0.3) is 0 Å². The first-order chi connectivity index (χ1) is 9.47. The molecule has 0 aromatic carbocycles. The topological polar surface area (TPSA) is 52.7 Å². The van der Waals surface area contributed by atoms with Crippen LogP contribution in [-0.4, -0.2) is 54.0 Å². The van der Waals surface area contributed by atoms with Crippen molar-refractivity contribution in [2.24, 2.45) is 5.92 Å². The van der Waals surface area contributed by atoms with E-state index >= 15 is 0 Å². The summed E-state index contributed by atoms with van der Waals surface area (Å²) in [5, 5.41) is 3.08. The Morgan fingerprint density at radius 3 is 2.20 bits per heavy atom. The number of piperidine rings is 1. The molecule has 0 saturated carbocycles. The summed E-state index contributed by atoms with van der Waals surface area (Å²) in [6.45, 7) is 11.1. The van der Waals surface area contributed by atoms with Gasteiger partial charge in [0.15, 0.2) is 0 Å². The van der Waals surface area contributed by atoms with Gasteiger partial charge in [0.05, 0.1) is 0 Å². The van der Waals surface area contributed by atoms with E-state index in [-0.39, 0.29) is 18.0 Å². The first-order valence-corrected chi connectivity index (χ1v) is 7.81. The van der Waals surface area contributed by atoms with Crippen molar-refractivity contribution in [2.75, 3.05) is 26.2 Å². The van der Waals surface area contributed by atoms with E-state index in [1.54, 1.807) is 0 Å². The van der Waals surface area contributed by atoms with Crippen molar-refractivity contribution in [3.8, 4) is 0 Å². The van der Waals surface area contributed by atoms with Gasteiger partial charge in [-0.15, -0.1) is 0 Å². The average molecular weight is 283 g/mol. The molecule has 0 radical (unpaired) electrons. The van der Waals surface area contributed by atoms with Gasteiger partial charge >= 0.3 is 6.03 Å². The average Bonchev–Trinajstić information content (AvgIpc) is 2.39. The zero-order valence-corrected chi connectivity index (χ0v) is 13.3. The maximum absolute atomic E-state index is 12.2. The fourth-order valence-electron chi connectivity index (χ4n) is 2.57. The molecule has 116 valence electrons. The summed E-state index contributed by atoms with van der Waals surface area (Å²) in [7, 11) is 0. The van der Waals surface area contributed by atoms with E-state index in [9.17, 15) is 9.59 Å². The second-order valence-corrected chi connectivity index (χ2v) is 5.88. The summed E-state index contributed by atoms with van der Waals surface area (Å²) in [5.41, 5.74) is 0. The maximum Gasteiger partial charge on any atom is 0.319 e. The van der Waals surface area contributed by atoms with Crippen LogP contribution in [0.2, 0.25) is 0 Å². The minimum Gasteiger partial charge on any atom is -0.353 e. The quantitative estimate of drug-likeness (QED) is 0.840. The van der Waals surface area contributed by atoms with Gasteiger partial charge in [-0.25, -0.2) is 4.79 Å². The standard InChI is InChI=1S/C15H29N3O2/c1-5-17(6-2)15(20)18-9-7-13(8-10-18)16-14(19)11-12(3)4/h12-13H,5-11H2,1-4H3,(H,16,19). The molecule has 1 aliphatic rings. The molecule has 0 aliphatic carbocycles. The lowest BCUT2D eigenvalue weighted by Gasteiger charge is -2.35. The number of likely N-dealkylation sites (tertiary alicyclic amines) is 1. The van der Waals surface area contributed by atoms with E-state index < -0.39 is 0 Å². The number of nitrogens with one attached hydrogen (secondary N) is 1. The van der Waals surface area contributed by atoms with Crippen molar-refractivity contribution in [2.45, 2.75) is 53.0 Å². The fraction of sp³-hybridized carbons (Fsp3) is 0.867. The van der Waals surface area contributed by atoms with E-state index in [4.69, 9.17) is 0 Å². The predicted molar refractivity (Wildman–Crippen MR) is 80.5 cm³/mol. The number of carbonyl (C=O) groups is 2. The molecule has 0 aromatic rings. The molecule has 0 atom stereocenters. The molecule has 20 heavy (non-hydrogen) atoms. The molecule has 0 bridgehead atoms. The number of rotatable bonds is 5. The van der Waals surface area contributed by atoms with E-state index in [0.717, 1.165) is 39.0 Å². The normalized spacial score (nSPS) is 16.4. The van der Waals surface area contributed by atoms with Crippen molar-refractivity contribution in [3.05, 3.63) is 0 Å². The van der Waals surface area contributed by atoms with Crippen LogP contribution in [0.4, 0.5) is 4.79 Å². The van der Waals surface area contributed by atoms with Gasteiger partial charge < -0.3 is 15.1 Å². The van der Waals surface area contributed by atoms with Crippen molar-refractivity contribution < 1.29 is 9.59 Å². The van der Waals surface area contributed by atoms with Gasteiger partial charge in [-0.1, -0.05) is 13.8 Å². The van der Waals surface area contributed by atoms with Gasteiger partial charge in [0, 0.05) is 38.6 Å². The molecule has 1 saturated heterocycles. The lowest BCUT2D eigenvalue weighted by Crippen LogP contribution is -2.50. The monoisotopic (exact) mass is 283 g/mol. The Labute approximate surface area is 122 Å². The predicted octanol–water partition coefficient (Wildman–Crippen LogP) is 2.07. The number of hydrogen-bond donors (Lipinski definition) is 1. The molecule has 1 aliphatic heterocycles. The van der Waals surface area contributed by atoms with E-state index in [0.29, 0.717) is 12.3 Å². The smallest absolute Gasteiger partial charge is 0.319 e. The number of amides is 3. The van der Waals surface area contributed by atoms with Gasteiger partial charge in [0.1, 0.15) is 0 Å². The first kappa shape index (κ1) is 16.8. The molecule has 0 unspecified atom stereocenters. The van der Waals surface area contributed by atoms with Crippen molar-refractivity contribution >= 4 is 11.9 Å². The van der Waals surface area contributed by atoms with Crippen LogP contribution < -0.4 is 5.32 Å². The Morgan fingerprint density at radius 2 is 1.75 bits per heavy atom. The Bertz CT molecular complexity index is 319. The number of carbonyl (C=O) groups excluding carboxylic acids is 2. The van der Waals surface area contributed by atoms with Gasteiger partial charge in [-0.05, 0) is 32.6 Å². The van der Waals surface area contributed by atoms with Gasteiger partial charge in [-0.3, -0.25) is 4.79 Å². The molecular formula is C15H29N3O2. The van der Waals surface area contributed by atoms with E-state index in [1.165, 1.54) is 0 Å². The van der Waals surface area contributed by atoms with Gasteiger partial charge in [0.25, 0.3) is 0 Å². The molecule has 3 amide bonds. The van der Waals surface area contributed by atoms with Crippen LogP contribution in [0, 0.1) is 5.92 Å². The molecular weight excluding hydrogens is 254 g/mol. The molecule has 1 heterocycles. The largest absolute Gasteiger partial charge is 0.353 e. The van der Waals surface area contributed by atoms with Crippen LogP contribution in [0.3, 0.4) is 0 Å². The Balaban J connectivity index is 2.36. The number of urea groups is 1. The third-order valence-corrected chi connectivity index (χ3v) is 3.76. The molecule has 1 N–H and O–H groups in total. The van der Waals surface area contributed by atoms with Crippen LogP contribution in [0.1, 0.15) is 47.0 Å². The second kappa shape index (κ2) is 8.12. The summed E-state index contributed by atoms with van der Waals surface area (Å²) >= 11 is 0. The zero-order valence-electron chi connectivity index (χ0n) is 13.3. The van der Waals surface area contributed by atoms with Gasteiger partial charge in [-0.2, -0.15) is 0 Å². The highest BCUT2D eigenvalue weighted by atomic mass is 16.2. The molecule has 5 nitrogen and oxygen atoms in total. The lowest BCUT2D eigenvalue weighted by molar-refractivity contribution is -0.122. The molecule has 0 spiro atoms. The SMILES string of the molecule is CCN(CC)C(=O)N1CCC(NC(=O)CC(C)C)CC1. The van der Waals surface area contributed by atoms with Crippen molar-refractivity contribution in [1.82, 2.24) is 15.1 Å². The van der Waals surface area contributed by atoms with Crippen LogP contribution in [0.15, 0.2) is 0 Å². The third kappa shape index (κ3) is 5.02. The fourth-order valence-corrected chi connectivity index (χ4v) is 2.57. The minimum absolute atomic E-state index is 0.127. The molecule has 0 aromatic heterocycles. The van der Waals surface area contributed by atoms with Gasteiger partial charge in [0.2, 0.25) is 5.91 Å². The highest BCUT2D eigenvalue weighted by Crippen LogP contribution is 2.13. The highest BCUT2D eigenvalue weighted by molar-refractivity contribution is 5.76. The van der Waals surface area contributed by atoms with Crippen LogP contribution in [0.5, 0.6) is 0 Å². The molecule has 1 rings (SSSR count). The number of hydrogen-bond acceptors (Lipinski definition) is 2. The summed E-state index contributed by atoms with van der Waals surface area (Å²) in [4.78, 5) is 27.7. The van der Waals surface area contributed by atoms with Crippen LogP contribution >= 0.6 is 0 Å². The Morgan fingerprint density at radius 1 is 1.20 bits per heavy atom. The maximum atomic E-state index is 12.2. The Hall–Kier alpha value is -1.26. The third-order valence-electron chi connectivity index (χ3n) is 3.76. The summed E-state index contributed by atoms with van der Waals surface area (Å²) in [6.07, 6.45) is 2.30.